The molecule has 7 heteroatoms. The molecular weight excluding hydrogens is 354 g/mol. The molecule has 7 nitrogen and oxygen atoms in total. The van der Waals surface area contributed by atoms with Gasteiger partial charge >= 0.3 is 0 Å². The smallest absolute Gasteiger partial charge is 0.257 e. The first-order valence-electron chi connectivity index (χ1n) is 10.4. The zero-order valence-corrected chi connectivity index (χ0v) is 17.4. The summed E-state index contributed by atoms with van der Waals surface area (Å²) >= 11 is 0. The van der Waals surface area contributed by atoms with Crippen molar-refractivity contribution in [3.8, 4) is 0 Å². The number of nitrogens with one attached hydrogen (secondary N) is 1. The van der Waals surface area contributed by atoms with Crippen LogP contribution in [0.15, 0.2) is 18.3 Å². The summed E-state index contributed by atoms with van der Waals surface area (Å²) in [5.74, 6) is 0.963. The Morgan fingerprint density at radius 2 is 1.89 bits per heavy atom. The van der Waals surface area contributed by atoms with Crippen LogP contribution in [0, 0.1) is 0 Å². The van der Waals surface area contributed by atoms with Gasteiger partial charge in [-0.3, -0.25) is 14.5 Å². The number of carbonyl (C=O) groups excluding carboxylic acids is 2. The summed E-state index contributed by atoms with van der Waals surface area (Å²) in [6.45, 7) is 7.72. The fourth-order valence-electron chi connectivity index (χ4n) is 4.15. The minimum atomic E-state index is 0.0571. The Morgan fingerprint density at radius 3 is 2.54 bits per heavy atom. The van der Waals surface area contributed by atoms with E-state index in [2.05, 4.69) is 20.1 Å². The van der Waals surface area contributed by atoms with Gasteiger partial charge in [0, 0.05) is 44.5 Å². The summed E-state index contributed by atoms with van der Waals surface area (Å²) in [5.41, 5.74) is 0.715. The predicted molar refractivity (Wildman–Crippen MR) is 111 cm³/mol. The minimum absolute atomic E-state index is 0.0571. The number of likely N-dealkylation sites (tertiary alicyclic amines) is 1. The SMILES string of the molecule is CC(C)NC(=O)CN(C)C1CCN(C(=O)c2cccnc2N2CCCC2)CC1. The average molecular weight is 388 g/mol. The Hall–Kier alpha value is -2.15. The third-order valence-corrected chi connectivity index (χ3v) is 5.64. The van der Waals surface area contributed by atoms with Gasteiger partial charge in [0.15, 0.2) is 0 Å². The summed E-state index contributed by atoms with van der Waals surface area (Å²) < 4.78 is 0. The molecule has 0 spiro atoms. The molecule has 0 aliphatic carbocycles. The number of rotatable bonds is 6. The lowest BCUT2D eigenvalue weighted by molar-refractivity contribution is -0.123. The van der Waals surface area contributed by atoms with Gasteiger partial charge in [0.05, 0.1) is 12.1 Å². The van der Waals surface area contributed by atoms with Crippen LogP contribution in [0.2, 0.25) is 0 Å². The summed E-state index contributed by atoms with van der Waals surface area (Å²) in [7, 11) is 1.99. The van der Waals surface area contributed by atoms with Crippen LogP contribution in [0.1, 0.15) is 49.9 Å². The molecule has 0 aromatic carbocycles. The van der Waals surface area contributed by atoms with E-state index in [4.69, 9.17) is 0 Å². The number of hydrogen-bond donors (Lipinski definition) is 1. The Morgan fingerprint density at radius 1 is 1.21 bits per heavy atom. The first kappa shape index (κ1) is 20.6. The van der Waals surface area contributed by atoms with Crippen LogP contribution < -0.4 is 10.2 Å². The third kappa shape index (κ3) is 5.01. The highest BCUT2D eigenvalue weighted by Gasteiger charge is 2.29. The molecule has 1 N–H and O–H groups in total. The number of piperidine rings is 1. The zero-order chi connectivity index (χ0) is 20.1. The van der Waals surface area contributed by atoms with Crippen molar-refractivity contribution < 1.29 is 9.59 Å². The van der Waals surface area contributed by atoms with Crippen LogP contribution in [0.4, 0.5) is 5.82 Å². The average Bonchev–Trinajstić information content (AvgIpc) is 3.21. The third-order valence-electron chi connectivity index (χ3n) is 5.64. The molecule has 1 aromatic rings. The van der Waals surface area contributed by atoms with Gasteiger partial charge in [0.2, 0.25) is 5.91 Å². The molecule has 2 aliphatic rings. The van der Waals surface area contributed by atoms with Crippen molar-refractivity contribution in [2.24, 2.45) is 0 Å². The second-order valence-electron chi connectivity index (χ2n) is 8.23. The van der Waals surface area contributed by atoms with Crippen molar-refractivity contribution in [1.29, 1.82) is 0 Å². The van der Waals surface area contributed by atoms with E-state index in [0.29, 0.717) is 31.2 Å². The summed E-state index contributed by atoms with van der Waals surface area (Å²) in [4.78, 5) is 35.9. The van der Waals surface area contributed by atoms with Crippen LogP contribution in [0.3, 0.4) is 0 Å². The quantitative estimate of drug-likeness (QED) is 0.805. The van der Waals surface area contributed by atoms with Gasteiger partial charge in [-0.05, 0) is 58.7 Å². The Kier molecular flexibility index (Phi) is 6.88. The lowest BCUT2D eigenvalue weighted by atomic mass is 10.0. The lowest BCUT2D eigenvalue weighted by Crippen LogP contribution is -2.48. The molecule has 2 amide bonds. The van der Waals surface area contributed by atoms with Gasteiger partial charge in [-0.2, -0.15) is 0 Å². The summed E-state index contributed by atoms with van der Waals surface area (Å²) in [6, 6.07) is 4.23. The number of hydrogen-bond acceptors (Lipinski definition) is 5. The minimum Gasteiger partial charge on any atom is -0.356 e. The maximum atomic E-state index is 13.1. The summed E-state index contributed by atoms with van der Waals surface area (Å²) in [6.07, 6.45) is 5.86. The number of likely N-dealkylation sites (N-methyl/N-ethyl adjacent to an activating group) is 1. The van der Waals surface area contributed by atoms with Crippen LogP contribution >= 0.6 is 0 Å². The molecule has 2 saturated heterocycles. The summed E-state index contributed by atoms with van der Waals surface area (Å²) in [5, 5.41) is 2.94. The van der Waals surface area contributed by atoms with E-state index in [-0.39, 0.29) is 17.9 Å². The van der Waals surface area contributed by atoms with E-state index in [1.165, 1.54) is 0 Å². The van der Waals surface area contributed by atoms with E-state index in [9.17, 15) is 9.59 Å². The first-order chi connectivity index (χ1) is 13.5. The van der Waals surface area contributed by atoms with Gasteiger partial charge in [-0.1, -0.05) is 0 Å². The lowest BCUT2D eigenvalue weighted by Gasteiger charge is -2.37. The van der Waals surface area contributed by atoms with Crippen molar-refractivity contribution in [2.75, 3.05) is 44.7 Å². The zero-order valence-electron chi connectivity index (χ0n) is 17.4. The molecule has 0 saturated carbocycles. The second-order valence-corrected chi connectivity index (χ2v) is 8.23. The van der Waals surface area contributed by atoms with E-state index in [1.54, 1.807) is 6.20 Å². The topological polar surface area (TPSA) is 68.8 Å². The highest BCUT2D eigenvalue weighted by Crippen LogP contribution is 2.25. The number of nitrogens with zero attached hydrogens (tertiary/aromatic N) is 4. The van der Waals surface area contributed by atoms with Gasteiger partial charge in [-0.25, -0.2) is 4.98 Å². The maximum Gasteiger partial charge on any atom is 0.257 e. The monoisotopic (exact) mass is 387 g/mol. The number of anilines is 1. The predicted octanol–water partition coefficient (Wildman–Crippen LogP) is 1.74. The number of amides is 2. The van der Waals surface area contributed by atoms with Crippen LogP contribution in [0.5, 0.6) is 0 Å². The second kappa shape index (κ2) is 9.37. The van der Waals surface area contributed by atoms with E-state index < -0.39 is 0 Å². The van der Waals surface area contributed by atoms with E-state index >= 15 is 0 Å². The molecule has 3 rings (SSSR count). The van der Waals surface area contributed by atoms with Crippen molar-refractivity contribution in [2.45, 2.75) is 51.6 Å². The molecule has 3 heterocycles. The van der Waals surface area contributed by atoms with Gasteiger partial charge in [0.25, 0.3) is 5.91 Å². The van der Waals surface area contributed by atoms with Crippen LogP contribution in [0.25, 0.3) is 0 Å². The highest BCUT2D eigenvalue weighted by atomic mass is 16.2. The molecule has 2 fully saturated rings. The largest absolute Gasteiger partial charge is 0.356 e. The van der Waals surface area contributed by atoms with E-state index in [1.807, 2.05) is 37.9 Å². The first-order valence-corrected chi connectivity index (χ1v) is 10.4. The fourth-order valence-corrected chi connectivity index (χ4v) is 4.15. The molecule has 0 atom stereocenters. The molecular formula is C21H33N5O2. The number of pyridine rings is 1. The normalized spacial score (nSPS) is 18.2. The molecule has 154 valence electrons. The Balaban J connectivity index is 1.56. The van der Waals surface area contributed by atoms with Gasteiger partial charge in [-0.15, -0.1) is 0 Å². The van der Waals surface area contributed by atoms with E-state index in [0.717, 1.165) is 44.6 Å². The van der Waals surface area contributed by atoms with Crippen LogP contribution in [-0.4, -0.2) is 78.5 Å². The molecule has 0 radical (unpaired) electrons. The van der Waals surface area contributed by atoms with Crippen molar-refractivity contribution in [3.63, 3.8) is 0 Å². The highest BCUT2D eigenvalue weighted by molar-refractivity contribution is 5.99. The Labute approximate surface area is 168 Å². The molecule has 2 aliphatic heterocycles. The van der Waals surface area contributed by atoms with Crippen molar-refractivity contribution in [3.05, 3.63) is 23.9 Å². The fraction of sp³-hybridized carbons (Fsp3) is 0.667. The molecule has 28 heavy (non-hydrogen) atoms. The number of aromatic nitrogens is 1. The van der Waals surface area contributed by atoms with Crippen molar-refractivity contribution >= 4 is 17.6 Å². The molecule has 1 aromatic heterocycles. The van der Waals surface area contributed by atoms with Gasteiger partial charge in [0.1, 0.15) is 5.82 Å². The Bertz CT molecular complexity index is 679. The standard InChI is InChI=1S/C21H33N5O2/c1-16(2)23-19(27)15-24(3)17-8-13-26(14-9-17)21(28)18-7-6-10-22-20(18)25-11-4-5-12-25/h6-7,10,16-17H,4-5,8-9,11-15H2,1-3H3,(H,23,27). The van der Waals surface area contributed by atoms with Gasteiger partial charge < -0.3 is 15.1 Å². The molecule has 0 unspecified atom stereocenters. The van der Waals surface area contributed by atoms with Crippen molar-refractivity contribution in [1.82, 2.24) is 20.1 Å². The maximum absolute atomic E-state index is 13.1. The number of carbonyl (C=O) groups is 2. The molecule has 0 bridgehead atoms. The van der Waals surface area contributed by atoms with Crippen LogP contribution in [-0.2, 0) is 4.79 Å².